The third kappa shape index (κ3) is 5.64. The molecule has 3 aromatic rings. The number of hydrogen-bond donors (Lipinski definition) is 1. The van der Waals surface area contributed by atoms with Crippen LogP contribution in [0.4, 0.5) is 5.69 Å². The van der Waals surface area contributed by atoms with Crippen LogP contribution in [0.1, 0.15) is 11.1 Å². The van der Waals surface area contributed by atoms with Crippen molar-refractivity contribution in [3.8, 4) is 5.75 Å². The van der Waals surface area contributed by atoms with Gasteiger partial charge in [-0.3, -0.25) is 4.79 Å². The highest BCUT2D eigenvalue weighted by atomic mass is 35.5. The number of nitrogens with zero attached hydrogens (tertiary/aromatic N) is 1. The highest BCUT2D eigenvalue weighted by Gasteiger charge is 2.27. The van der Waals surface area contributed by atoms with Crippen LogP contribution < -0.4 is 10.1 Å². The maximum absolute atomic E-state index is 13.4. The molecule has 0 aromatic heterocycles. The molecule has 0 saturated carbocycles. The van der Waals surface area contributed by atoms with Crippen LogP contribution in [0.3, 0.4) is 0 Å². The summed E-state index contributed by atoms with van der Waals surface area (Å²) in [7, 11) is -2.44. The van der Waals surface area contributed by atoms with Gasteiger partial charge in [-0.1, -0.05) is 54.1 Å². The minimum atomic E-state index is -3.96. The first kappa shape index (κ1) is 22.8. The average Bonchev–Trinajstić information content (AvgIpc) is 2.75. The number of anilines is 1. The number of sulfonamides is 1. The third-order valence-corrected chi connectivity index (χ3v) is 6.79. The minimum Gasteiger partial charge on any atom is -0.496 e. The lowest BCUT2D eigenvalue weighted by molar-refractivity contribution is -0.116. The van der Waals surface area contributed by atoms with E-state index in [0.717, 1.165) is 9.87 Å². The van der Waals surface area contributed by atoms with Gasteiger partial charge in [-0.25, -0.2) is 8.42 Å². The van der Waals surface area contributed by atoms with E-state index in [9.17, 15) is 13.2 Å². The average molecular weight is 459 g/mol. The van der Waals surface area contributed by atoms with Gasteiger partial charge in [0.15, 0.2) is 0 Å². The molecule has 0 bridgehead atoms. The normalized spacial score (nSPS) is 11.4. The van der Waals surface area contributed by atoms with Gasteiger partial charge in [-0.15, -0.1) is 0 Å². The number of amides is 1. The largest absolute Gasteiger partial charge is 0.496 e. The summed E-state index contributed by atoms with van der Waals surface area (Å²) in [6.07, 6.45) is 0. The molecule has 0 aliphatic heterocycles. The number of aryl methyl sites for hydroxylation is 1. The zero-order valence-electron chi connectivity index (χ0n) is 17.2. The van der Waals surface area contributed by atoms with Crippen molar-refractivity contribution in [2.45, 2.75) is 18.4 Å². The van der Waals surface area contributed by atoms with Crippen LogP contribution in [0.15, 0.2) is 77.7 Å². The summed E-state index contributed by atoms with van der Waals surface area (Å²) >= 11 is 6.11. The van der Waals surface area contributed by atoms with Crippen molar-refractivity contribution in [2.24, 2.45) is 0 Å². The first-order valence-electron chi connectivity index (χ1n) is 9.54. The van der Waals surface area contributed by atoms with Crippen molar-refractivity contribution in [1.29, 1.82) is 0 Å². The van der Waals surface area contributed by atoms with E-state index in [1.54, 1.807) is 37.3 Å². The lowest BCUT2D eigenvalue weighted by atomic mass is 10.2. The number of hydrogen-bond acceptors (Lipinski definition) is 4. The quantitative estimate of drug-likeness (QED) is 0.539. The minimum absolute atomic E-state index is 0.0458. The highest BCUT2D eigenvalue weighted by molar-refractivity contribution is 7.89. The van der Waals surface area contributed by atoms with E-state index in [1.807, 2.05) is 30.3 Å². The predicted octanol–water partition coefficient (Wildman–Crippen LogP) is 4.49. The number of nitrogens with one attached hydrogen (secondary N) is 1. The Kier molecular flexibility index (Phi) is 7.33. The number of para-hydroxylation sites is 1. The van der Waals surface area contributed by atoms with E-state index in [-0.39, 0.29) is 18.0 Å². The van der Waals surface area contributed by atoms with Gasteiger partial charge < -0.3 is 10.1 Å². The molecule has 8 heteroatoms. The molecule has 3 rings (SSSR count). The molecule has 0 radical (unpaired) electrons. The van der Waals surface area contributed by atoms with E-state index in [2.05, 4.69) is 5.32 Å². The summed E-state index contributed by atoms with van der Waals surface area (Å²) in [5.41, 5.74) is 1.87. The summed E-state index contributed by atoms with van der Waals surface area (Å²) in [6.45, 7) is 1.45. The maximum Gasteiger partial charge on any atom is 0.243 e. The SMILES string of the molecule is COc1ccc(S(=O)(=O)N(CC(=O)Nc2ccccc2Cl)Cc2ccccc2)cc1C. The zero-order chi connectivity index (χ0) is 22.4. The van der Waals surface area contributed by atoms with E-state index < -0.39 is 15.9 Å². The monoisotopic (exact) mass is 458 g/mol. The van der Waals surface area contributed by atoms with Gasteiger partial charge in [0.05, 0.1) is 29.3 Å². The van der Waals surface area contributed by atoms with Crippen LogP contribution in [0, 0.1) is 6.92 Å². The van der Waals surface area contributed by atoms with Gasteiger partial charge in [-0.2, -0.15) is 4.31 Å². The second-order valence-corrected chi connectivity index (χ2v) is 9.26. The Morgan fingerprint density at radius 1 is 1.03 bits per heavy atom. The Morgan fingerprint density at radius 3 is 2.35 bits per heavy atom. The van der Waals surface area contributed by atoms with Crippen molar-refractivity contribution >= 4 is 33.2 Å². The van der Waals surface area contributed by atoms with Gasteiger partial charge in [0.25, 0.3) is 0 Å². The van der Waals surface area contributed by atoms with Crippen molar-refractivity contribution in [3.05, 3.63) is 88.9 Å². The first-order chi connectivity index (χ1) is 14.8. The number of halogens is 1. The smallest absolute Gasteiger partial charge is 0.243 e. The Balaban J connectivity index is 1.91. The molecule has 3 aromatic carbocycles. The topological polar surface area (TPSA) is 75.7 Å². The summed E-state index contributed by atoms with van der Waals surface area (Å²) in [5, 5.41) is 3.06. The molecule has 1 N–H and O–H groups in total. The van der Waals surface area contributed by atoms with Gasteiger partial charge in [-0.05, 0) is 48.4 Å². The molecule has 0 atom stereocenters. The van der Waals surface area contributed by atoms with E-state index in [1.165, 1.54) is 19.2 Å². The maximum atomic E-state index is 13.4. The van der Waals surface area contributed by atoms with Crippen LogP contribution >= 0.6 is 11.6 Å². The van der Waals surface area contributed by atoms with Crippen LogP contribution in [0.2, 0.25) is 5.02 Å². The molecule has 0 saturated heterocycles. The van der Waals surface area contributed by atoms with Crippen LogP contribution in [0.25, 0.3) is 0 Å². The summed E-state index contributed by atoms with van der Waals surface area (Å²) < 4.78 is 33.2. The van der Waals surface area contributed by atoms with E-state index in [0.29, 0.717) is 22.0 Å². The molecule has 0 unspecified atom stereocenters. The summed E-state index contributed by atoms with van der Waals surface area (Å²) in [5.74, 6) is 0.0999. The number of carbonyl (C=O) groups excluding carboxylic acids is 1. The van der Waals surface area contributed by atoms with E-state index in [4.69, 9.17) is 16.3 Å². The molecule has 0 fully saturated rings. The van der Waals surface area contributed by atoms with E-state index >= 15 is 0 Å². The van der Waals surface area contributed by atoms with Crippen molar-refractivity contribution < 1.29 is 17.9 Å². The number of benzene rings is 3. The standard InChI is InChI=1S/C23H23ClN2O4S/c1-17-14-19(12-13-22(17)30-2)31(28,29)26(15-18-8-4-3-5-9-18)16-23(27)25-21-11-7-6-10-20(21)24/h3-14H,15-16H2,1-2H3,(H,25,27). The van der Waals surface area contributed by atoms with Gasteiger partial charge in [0.2, 0.25) is 15.9 Å². The van der Waals surface area contributed by atoms with Crippen molar-refractivity contribution in [3.63, 3.8) is 0 Å². The number of methoxy groups -OCH3 is 1. The Labute approximate surface area is 187 Å². The highest BCUT2D eigenvalue weighted by Crippen LogP contribution is 2.25. The molecule has 6 nitrogen and oxygen atoms in total. The van der Waals surface area contributed by atoms with Crippen molar-refractivity contribution in [2.75, 3.05) is 19.0 Å². The molecule has 0 heterocycles. The molecular weight excluding hydrogens is 436 g/mol. The molecule has 31 heavy (non-hydrogen) atoms. The Morgan fingerprint density at radius 2 is 1.71 bits per heavy atom. The first-order valence-corrected chi connectivity index (χ1v) is 11.4. The van der Waals surface area contributed by atoms with Gasteiger partial charge in [0, 0.05) is 6.54 Å². The van der Waals surface area contributed by atoms with Crippen LogP contribution in [0.5, 0.6) is 5.75 Å². The second kappa shape index (κ2) is 9.96. The lowest BCUT2D eigenvalue weighted by Crippen LogP contribution is -2.37. The number of carbonyl (C=O) groups is 1. The summed E-state index contributed by atoms with van der Waals surface area (Å²) in [4.78, 5) is 12.8. The fourth-order valence-corrected chi connectivity index (χ4v) is 4.74. The van der Waals surface area contributed by atoms with Gasteiger partial charge >= 0.3 is 0 Å². The molecular formula is C23H23ClN2O4S. The fraction of sp³-hybridized carbons (Fsp3) is 0.174. The second-order valence-electron chi connectivity index (χ2n) is 6.92. The van der Waals surface area contributed by atoms with Crippen LogP contribution in [-0.4, -0.2) is 32.3 Å². The van der Waals surface area contributed by atoms with Crippen LogP contribution in [-0.2, 0) is 21.4 Å². The summed E-state index contributed by atoms with van der Waals surface area (Å²) in [6, 6.07) is 20.5. The number of rotatable bonds is 8. The Bertz CT molecular complexity index is 1170. The molecule has 0 aliphatic carbocycles. The van der Waals surface area contributed by atoms with Gasteiger partial charge in [0.1, 0.15) is 5.75 Å². The molecule has 0 aliphatic rings. The zero-order valence-corrected chi connectivity index (χ0v) is 18.8. The number of ether oxygens (including phenoxy) is 1. The molecule has 162 valence electrons. The Hall–Kier alpha value is -2.87. The lowest BCUT2D eigenvalue weighted by Gasteiger charge is -2.22. The fourth-order valence-electron chi connectivity index (χ4n) is 3.09. The van der Waals surface area contributed by atoms with Crippen molar-refractivity contribution in [1.82, 2.24) is 4.31 Å². The predicted molar refractivity (Wildman–Crippen MR) is 122 cm³/mol. The molecule has 0 spiro atoms. The third-order valence-electron chi connectivity index (χ3n) is 4.67. The molecule has 1 amide bonds.